The Morgan fingerprint density at radius 3 is 2.56 bits per heavy atom. The number of benzene rings is 2. The summed E-state index contributed by atoms with van der Waals surface area (Å²) < 4.78 is 2.36. The highest BCUT2D eigenvalue weighted by Gasteiger charge is 2.03. The number of para-hydroxylation sites is 1. The maximum Gasteiger partial charge on any atom is 0.0510 e. The van der Waals surface area contributed by atoms with Gasteiger partial charge in [-0.25, -0.2) is 0 Å². The van der Waals surface area contributed by atoms with Crippen LogP contribution in [0.5, 0.6) is 0 Å². The zero-order valence-corrected chi connectivity index (χ0v) is 10.6. The molecule has 0 aliphatic rings. The molecular weight excluding hydrogens is 218 g/mol. The normalized spacial score (nSPS) is 10.9. The van der Waals surface area contributed by atoms with E-state index in [1.54, 1.807) is 0 Å². The molecule has 0 saturated carbocycles. The van der Waals surface area contributed by atoms with Gasteiger partial charge in [-0.15, -0.1) is 0 Å². The number of hydrogen-bond acceptors (Lipinski definition) is 0. The van der Waals surface area contributed by atoms with Gasteiger partial charge in [-0.2, -0.15) is 0 Å². The molecule has 1 heterocycles. The summed E-state index contributed by atoms with van der Waals surface area (Å²) in [5.41, 5.74) is 4.12. The van der Waals surface area contributed by atoms with Crippen LogP contribution in [-0.2, 0) is 13.0 Å². The lowest BCUT2D eigenvalue weighted by Crippen LogP contribution is -2.00. The fraction of sp³-hybridized carbons (Fsp3) is 0.176. The summed E-state index contributed by atoms with van der Waals surface area (Å²) in [6.07, 6.45) is 3.28. The summed E-state index contributed by atoms with van der Waals surface area (Å²) in [6, 6.07) is 19.4. The van der Waals surface area contributed by atoms with Crippen molar-refractivity contribution in [2.24, 2.45) is 0 Å². The van der Waals surface area contributed by atoms with Crippen LogP contribution in [0.2, 0.25) is 0 Å². The first-order chi connectivity index (χ1) is 8.84. The Bertz CT molecular complexity index is 650. The average molecular weight is 235 g/mol. The molecule has 0 N–H and O–H groups in total. The average Bonchev–Trinajstić information content (AvgIpc) is 2.82. The van der Waals surface area contributed by atoms with Crippen molar-refractivity contribution in [3.05, 3.63) is 71.9 Å². The fourth-order valence-electron chi connectivity index (χ4n) is 2.53. The molecule has 0 fully saturated rings. The molecule has 3 aromatic rings. The number of rotatable bonds is 3. The summed E-state index contributed by atoms with van der Waals surface area (Å²) in [7, 11) is 0. The molecule has 0 radical (unpaired) electrons. The summed E-state index contributed by atoms with van der Waals surface area (Å²) >= 11 is 0. The molecule has 1 heteroatoms. The van der Waals surface area contributed by atoms with Gasteiger partial charge in [0.2, 0.25) is 0 Å². The second-order valence-electron chi connectivity index (χ2n) is 4.76. The predicted molar refractivity (Wildman–Crippen MR) is 76.8 cm³/mol. The molecule has 0 atom stereocenters. The van der Waals surface area contributed by atoms with E-state index in [-0.39, 0.29) is 0 Å². The Morgan fingerprint density at radius 2 is 1.72 bits per heavy atom. The summed E-state index contributed by atoms with van der Waals surface area (Å²) in [4.78, 5) is 0. The van der Waals surface area contributed by atoms with Gasteiger partial charge in [0, 0.05) is 12.7 Å². The number of aryl methyl sites for hydroxylation is 3. The predicted octanol–water partition coefficient (Wildman–Crippen LogP) is 4.19. The van der Waals surface area contributed by atoms with Crippen LogP contribution in [0.25, 0.3) is 10.9 Å². The van der Waals surface area contributed by atoms with Crippen molar-refractivity contribution < 1.29 is 0 Å². The first-order valence-corrected chi connectivity index (χ1v) is 6.43. The molecule has 0 saturated heterocycles. The van der Waals surface area contributed by atoms with Gasteiger partial charge in [0.1, 0.15) is 0 Å². The maximum atomic E-state index is 2.36. The molecule has 2 aromatic carbocycles. The van der Waals surface area contributed by atoms with Crippen LogP contribution in [0.3, 0.4) is 0 Å². The smallest absolute Gasteiger partial charge is 0.0510 e. The van der Waals surface area contributed by atoms with E-state index in [0.717, 1.165) is 13.0 Å². The Morgan fingerprint density at radius 1 is 0.889 bits per heavy atom. The highest BCUT2D eigenvalue weighted by molar-refractivity contribution is 5.83. The van der Waals surface area contributed by atoms with E-state index < -0.39 is 0 Å². The van der Waals surface area contributed by atoms with Crippen LogP contribution in [0.15, 0.2) is 60.8 Å². The Kier molecular flexibility index (Phi) is 2.89. The lowest BCUT2D eigenvalue weighted by atomic mass is 10.1. The van der Waals surface area contributed by atoms with E-state index in [1.807, 2.05) is 0 Å². The van der Waals surface area contributed by atoms with E-state index in [9.17, 15) is 0 Å². The first-order valence-electron chi connectivity index (χ1n) is 6.43. The van der Waals surface area contributed by atoms with Gasteiger partial charge < -0.3 is 4.57 Å². The lowest BCUT2D eigenvalue weighted by Gasteiger charge is -2.07. The van der Waals surface area contributed by atoms with Gasteiger partial charge in [-0.3, -0.25) is 0 Å². The van der Waals surface area contributed by atoms with Crippen LogP contribution in [-0.4, -0.2) is 4.57 Å². The number of nitrogens with zero attached hydrogens (tertiary/aromatic N) is 1. The molecular formula is C17H17N. The minimum atomic E-state index is 1.04. The second kappa shape index (κ2) is 4.69. The van der Waals surface area contributed by atoms with Crippen molar-refractivity contribution in [1.29, 1.82) is 0 Å². The topological polar surface area (TPSA) is 4.93 Å². The SMILES string of the molecule is Cc1cccc2ccn(CCc3ccccc3)c12. The number of aromatic nitrogens is 1. The molecule has 0 aliphatic heterocycles. The third-order valence-electron chi connectivity index (χ3n) is 3.47. The summed E-state index contributed by atoms with van der Waals surface area (Å²) in [5.74, 6) is 0. The van der Waals surface area contributed by atoms with Gasteiger partial charge >= 0.3 is 0 Å². The standard InChI is InChI=1S/C17H17N/c1-14-6-5-9-16-11-13-18(17(14)16)12-10-15-7-3-2-4-8-15/h2-9,11,13H,10,12H2,1H3. The Hall–Kier alpha value is -2.02. The lowest BCUT2D eigenvalue weighted by molar-refractivity contribution is 0.721. The van der Waals surface area contributed by atoms with Gasteiger partial charge in [0.25, 0.3) is 0 Å². The molecule has 90 valence electrons. The van der Waals surface area contributed by atoms with Crippen LogP contribution < -0.4 is 0 Å². The van der Waals surface area contributed by atoms with Crippen molar-refractivity contribution in [3.8, 4) is 0 Å². The minimum absolute atomic E-state index is 1.04. The first kappa shape index (κ1) is 11.1. The summed E-state index contributed by atoms with van der Waals surface area (Å²) in [5, 5.41) is 1.34. The maximum absolute atomic E-state index is 2.36. The molecule has 1 aromatic heterocycles. The van der Waals surface area contributed by atoms with E-state index in [2.05, 4.69) is 72.3 Å². The monoisotopic (exact) mass is 235 g/mol. The third kappa shape index (κ3) is 2.04. The third-order valence-corrected chi connectivity index (χ3v) is 3.47. The highest BCUT2D eigenvalue weighted by Crippen LogP contribution is 2.20. The Labute approximate surface area is 108 Å². The molecule has 1 nitrogen and oxygen atoms in total. The van der Waals surface area contributed by atoms with Crippen molar-refractivity contribution in [2.45, 2.75) is 19.9 Å². The van der Waals surface area contributed by atoms with Crippen LogP contribution in [0.4, 0.5) is 0 Å². The van der Waals surface area contributed by atoms with Crippen LogP contribution in [0, 0.1) is 6.92 Å². The van der Waals surface area contributed by atoms with Gasteiger partial charge in [0.15, 0.2) is 0 Å². The zero-order valence-electron chi connectivity index (χ0n) is 10.6. The van der Waals surface area contributed by atoms with E-state index in [1.165, 1.54) is 22.0 Å². The largest absolute Gasteiger partial charge is 0.347 e. The van der Waals surface area contributed by atoms with Crippen LogP contribution >= 0.6 is 0 Å². The molecule has 0 spiro atoms. The molecule has 18 heavy (non-hydrogen) atoms. The molecule has 0 bridgehead atoms. The summed E-state index contributed by atoms with van der Waals surface area (Å²) in [6.45, 7) is 3.22. The van der Waals surface area contributed by atoms with E-state index in [0.29, 0.717) is 0 Å². The van der Waals surface area contributed by atoms with Crippen molar-refractivity contribution in [3.63, 3.8) is 0 Å². The minimum Gasteiger partial charge on any atom is -0.347 e. The van der Waals surface area contributed by atoms with Crippen molar-refractivity contribution in [1.82, 2.24) is 4.57 Å². The quantitative estimate of drug-likeness (QED) is 0.641. The van der Waals surface area contributed by atoms with Gasteiger partial charge in [-0.05, 0) is 35.9 Å². The fourth-order valence-corrected chi connectivity index (χ4v) is 2.53. The van der Waals surface area contributed by atoms with E-state index >= 15 is 0 Å². The zero-order chi connectivity index (χ0) is 12.4. The van der Waals surface area contributed by atoms with Gasteiger partial charge in [0.05, 0.1) is 5.52 Å². The molecule has 0 amide bonds. The van der Waals surface area contributed by atoms with Gasteiger partial charge in [-0.1, -0.05) is 48.5 Å². The highest BCUT2D eigenvalue weighted by atomic mass is 14.9. The van der Waals surface area contributed by atoms with Crippen molar-refractivity contribution in [2.75, 3.05) is 0 Å². The molecule has 3 rings (SSSR count). The Balaban J connectivity index is 1.87. The second-order valence-corrected chi connectivity index (χ2v) is 4.76. The number of hydrogen-bond donors (Lipinski definition) is 0. The molecule has 0 aliphatic carbocycles. The molecule has 0 unspecified atom stereocenters. The number of fused-ring (bicyclic) bond motifs is 1. The van der Waals surface area contributed by atoms with Crippen LogP contribution in [0.1, 0.15) is 11.1 Å². The van der Waals surface area contributed by atoms with Crippen molar-refractivity contribution >= 4 is 10.9 Å². The van der Waals surface area contributed by atoms with E-state index in [4.69, 9.17) is 0 Å².